The summed E-state index contributed by atoms with van der Waals surface area (Å²) in [7, 11) is 1.60. The number of rotatable bonds is 9. The largest absolute Gasteiger partial charge is 0.392 e. The summed E-state index contributed by atoms with van der Waals surface area (Å²) in [5, 5.41) is 17.5. The number of aliphatic hydroxyl groups excluding tert-OH is 1. The molecule has 2 aromatic rings. The molecule has 1 aliphatic rings. The molecule has 0 aliphatic heterocycles. The zero-order chi connectivity index (χ0) is 20.8. The summed E-state index contributed by atoms with van der Waals surface area (Å²) in [5.41, 5.74) is 2.04. The molecule has 1 heterocycles. The van der Waals surface area contributed by atoms with Crippen LogP contribution in [0, 0.1) is 5.92 Å². The summed E-state index contributed by atoms with van der Waals surface area (Å²) in [5.74, 6) is 0.327. The summed E-state index contributed by atoms with van der Waals surface area (Å²) in [6.07, 6.45) is 1.57. The second kappa shape index (κ2) is 10.0. The minimum atomic E-state index is -0.786. The van der Waals surface area contributed by atoms with Crippen LogP contribution < -0.4 is 10.6 Å². The maximum atomic E-state index is 12.7. The molecule has 158 valence electrons. The standard InChI is InChI=1S/C22H32N4O3/c1-14(2)21-25-13-18(26-21)19-17(24-12-15-7-5-4-6-8-15)11-16(20(19)27)22(28)23-9-10-29-3/h4-8,13-14,16-17,19-20,24,27H,9-12H2,1-3H3,(H,23,28)(H,25,26)/t16-,17+,19+,20+/m0/s1. The van der Waals surface area contributed by atoms with E-state index in [0.29, 0.717) is 26.1 Å². The molecule has 4 atom stereocenters. The first-order valence-corrected chi connectivity index (χ1v) is 10.3. The fraction of sp³-hybridized carbons (Fsp3) is 0.545. The predicted molar refractivity (Wildman–Crippen MR) is 111 cm³/mol. The van der Waals surface area contributed by atoms with Gasteiger partial charge in [0.15, 0.2) is 0 Å². The van der Waals surface area contributed by atoms with Gasteiger partial charge in [-0.1, -0.05) is 44.2 Å². The van der Waals surface area contributed by atoms with Gasteiger partial charge < -0.3 is 25.5 Å². The number of aliphatic hydroxyl groups is 1. The Morgan fingerprint density at radius 2 is 2.10 bits per heavy atom. The van der Waals surface area contributed by atoms with Crippen LogP contribution in [-0.4, -0.2) is 53.4 Å². The summed E-state index contributed by atoms with van der Waals surface area (Å²) >= 11 is 0. The maximum Gasteiger partial charge on any atom is 0.225 e. The Hall–Kier alpha value is -2.22. The molecule has 1 amide bonds. The topological polar surface area (TPSA) is 99.3 Å². The second-order valence-corrected chi connectivity index (χ2v) is 7.99. The van der Waals surface area contributed by atoms with E-state index in [4.69, 9.17) is 4.74 Å². The Morgan fingerprint density at radius 3 is 2.76 bits per heavy atom. The first-order chi connectivity index (χ1) is 14.0. The van der Waals surface area contributed by atoms with Gasteiger partial charge in [-0.3, -0.25) is 4.79 Å². The van der Waals surface area contributed by atoms with E-state index >= 15 is 0 Å². The van der Waals surface area contributed by atoms with Crippen molar-refractivity contribution in [2.45, 2.75) is 50.8 Å². The van der Waals surface area contributed by atoms with Crippen LogP contribution in [0.5, 0.6) is 0 Å². The molecule has 0 saturated heterocycles. The molecule has 29 heavy (non-hydrogen) atoms. The number of nitrogens with zero attached hydrogens (tertiary/aromatic N) is 1. The number of aromatic nitrogens is 2. The van der Waals surface area contributed by atoms with E-state index in [2.05, 4.69) is 46.6 Å². The molecule has 0 bridgehead atoms. The molecule has 1 aromatic heterocycles. The number of carbonyl (C=O) groups excluding carboxylic acids is 1. The van der Waals surface area contributed by atoms with Crippen molar-refractivity contribution >= 4 is 5.91 Å². The van der Waals surface area contributed by atoms with Crippen LogP contribution in [0.2, 0.25) is 0 Å². The van der Waals surface area contributed by atoms with Gasteiger partial charge in [0.05, 0.1) is 18.6 Å². The van der Waals surface area contributed by atoms with Crippen LogP contribution in [0.15, 0.2) is 36.5 Å². The Labute approximate surface area is 172 Å². The Balaban J connectivity index is 1.76. The molecule has 3 rings (SSSR count). The Bertz CT molecular complexity index is 777. The van der Waals surface area contributed by atoms with Gasteiger partial charge in [-0.2, -0.15) is 0 Å². The zero-order valence-electron chi connectivity index (χ0n) is 17.4. The third kappa shape index (κ3) is 5.23. The fourth-order valence-electron chi connectivity index (χ4n) is 3.99. The molecule has 1 saturated carbocycles. The Morgan fingerprint density at radius 1 is 1.34 bits per heavy atom. The number of aromatic amines is 1. The number of hydrogen-bond acceptors (Lipinski definition) is 5. The second-order valence-electron chi connectivity index (χ2n) is 7.99. The van der Waals surface area contributed by atoms with Crippen LogP contribution in [0.25, 0.3) is 0 Å². The predicted octanol–water partition coefficient (Wildman–Crippen LogP) is 1.92. The van der Waals surface area contributed by atoms with Crippen LogP contribution in [-0.2, 0) is 16.1 Å². The normalized spacial score (nSPS) is 24.2. The van der Waals surface area contributed by atoms with Gasteiger partial charge in [-0.05, 0) is 12.0 Å². The molecule has 7 nitrogen and oxygen atoms in total. The fourth-order valence-corrected chi connectivity index (χ4v) is 3.99. The highest BCUT2D eigenvalue weighted by Crippen LogP contribution is 2.39. The minimum absolute atomic E-state index is 0.0381. The van der Waals surface area contributed by atoms with Crippen LogP contribution in [0.1, 0.15) is 49.2 Å². The van der Waals surface area contributed by atoms with Crippen molar-refractivity contribution in [1.29, 1.82) is 0 Å². The molecular weight excluding hydrogens is 368 g/mol. The van der Waals surface area contributed by atoms with Gasteiger partial charge in [-0.15, -0.1) is 0 Å². The third-order valence-electron chi connectivity index (χ3n) is 5.60. The molecule has 0 radical (unpaired) electrons. The molecular formula is C22H32N4O3. The maximum absolute atomic E-state index is 12.7. The van der Waals surface area contributed by atoms with Crippen molar-refractivity contribution in [2.24, 2.45) is 5.92 Å². The van der Waals surface area contributed by atoms with Crippen molar-refractivity contribution < 1.29 is 14.6 Å². The first kappa shape index (κ1) is 21.5. The van der Waals surface area contributed by atoms with Crippen molar-refractivity contribution in [3.05, 3.63) is 53.6 Å². The zero-order valence-corrected chi connectivity index (χ0v) is 17.4. The average molecular weight is 401 g/mol. The molecule has 0 unspecified atom stereocenters. The van der Waals surface area contributed by atoms with Gasteiger partial charge in [0.25, 0.3) is 0 Å². The smallest absolute Gasteiger partial charge is 0.225 e. The molecule has 7 heteroatoms. The SMILES string of the molecule is COCCNC(=O)[C@H]1C[C@@H](NCc2ccccc2)[C@H](c2cnc(C(C)C)[nH]2)[C@@H]1O. The van der Waals surface area contributed by atoms with E-state index in [1.54, 1.807) is 13.3 Å². The van der Waals surface area contributed by atoms with Crippen LogP contribution in [0.3, 0.4) is 0 Å². The number of ether oxygens (including phenoxy) is 1. The summed E-state index contributed by atoms with van der Waals surface area (Å²) < 4.78 is 5.00. The van der Waals surface area contributed by atoms with E-state index in [0.717, 1.165) is 11.5 Å². The van der Waals surface area contributed by atoms with Gasteiger partial charge in [-0.25, -0.2) is 4.98 Å². The van der Waals surface area contributed by atoms with E-state index in [1.165, 1.54) is 5.56 Å². The van der Waals surface area contributed by atoms with Gasteiger partial charge in [0.2, 0.25) is 5.91 Å². The van der Waals surface area contributed by atoms with E-state index in [9.17, 15) is 9.90 Å². The van der Waals surface area contributed by atoms with Gasteiger partial charge >= 0.3 is 0 Å². The quantitative estimate of drug-likeness (QED) is 0.482. The van der Waals surface area contributed by atoms with E-state index in [-0.39, 0.29) is 23.8 Å². The number of nitrogens with one attached hydrogen (secondary N) is 3. The Kier molecular flexibility index (Phi) is 7.41. The molecule has 1 fully saturated rings. The van der Waals surface area contributed by atoms with Crippen molar-refractivity contribution in [1.82, 2.24) is 20.6 Å². The highest BCUT2D eigenvalue weighted by Gasteiger charge is 2.47. The average Bonchev–Trinajstić information content (AvgIpc) is 3.32. The minimum Gasteiger partial charge on any atom is -0.392 e. The number of H-pyrrole nitrogens is 1. The number of amides is 1. The number of methoxy groups -OCH3 is 1. The summed E-state index contributed by atoms with van der Waals surface area (Å²) in [4.78, 5) is 20.5. The number of hydrogen-bond donors (Lipinski definition) is 4. The summed E-state index contributed by atoms with van der Waals surface area (Å²) in [6.45, 7) is 5.71. The van der Waals surface area contributed by atoms with Gasteiger partial charge in [0.1, 0.15) is 5.82 Å². The highest BCUT2D eigenvalue weighted by atomic mass is 16.5. The monoisotopic (exact) mass is 400 g/mol. The first-order valence-electron chi connectivity index (χ1n) is 10.3. The number of imidazole rings is 1. The van der Waals surface area contributed by atoms with Crippen LogP contribution >= 0.6 is 0 Å². The van der Waals surface area contributed by atoms with Crippen LogP contribution in [0.4, 0.5) is 0 Å². The lowest BCUT2D eigenvalue weighted by molar-refractivity contribution is -0.127. The van der Waals surface area contributed by atoms with E-state index < -0.39 is 12.0 Å². The third-order valence-corrected chi connectivity index (χ3v) is 5.60. The lowest BCUT2D eigenvalue weighted by Crippen LogP contribution is -2.37. The number of benzene rings is 1. The van der Waals surface area contributed by atoms with E-state index in [1.807, 2.05) is 18.2 Å². The molecule has 0 spiro atoms. The van der Waals surface area contributed by atoms with Crippen molar-refractivity contribution in [3.63, 3.8) is 0 Å². The van der Waals surface area contributed by atoms with Crippen molar-refractivity contribution in [3.8, 4) is 0 Å². The highest BCUT2D eigenvalue weighted by molar-refractivity contribution is 5.80. The lowest BCUT2D eigenvalue weighted by Gasteiger charge is -2.22. The van der Waals surface area contributed by atoms with Gasteiger partial charge in [0, 0.05) is 50.0 Å². The molecule has 1 aliphatic carbocycles. The summed E-state index contributed by atoms with van der Waals surface area (Å²) in [6, 6.07) is 10.1. The molecule has 4 N–H and O–H groups in total. The van der Waals surface area contributed by atoms with Crippen molar-refractivity contribution in [2.75, 3.05) is 20.3 Å². The molecule has 1 aromatic carbocycles. The lowest BCUT2D eigenvalue weighted by atomic mass is 9.96. The number of carbonyl (C=O) groups is 1.